The van der Waals surface area contributed by atoms with E-state index in [0.717, 1.165) is 50.9 Å². The van der Waals surface area contributed by atoms with Gasteiger partial charge in [0.25, 0.3) is 11.8 Å². The maximum Gasteiger partial charge on any atom is 0.410 e. The maximum absolute atomic E-state index is 15.2. The van der Waals surface area contributed by atoms with Crippen LogP contribution in [0.1, 0.15) is 82.2 Å². The summed E-state index contributed by atoms with van der Waals surface area (Å²) in [6.07, 6.45) is -2.77. The predicted molar refractivity (Wildman–Crippen MR) is 262 cm³/mol. The Morgan fingerprint density at radius 2 is 1.03 bits per heavy atom. The minimum Gasteiger partial charge on any atom is -0.444 e. The van der Waals surface area contributed by atoms with Crippen molar-refractivity contribution in [2.75, 3.05) is 62.2 Å². The Morgan fingerprint density at radius 1 is 0.613 bits per heavy atom. The number of alkyl halides is 4. The van der Waals surface area contributed by atoms with Crippen LogP contribution in [-0.4, -0.2) is 111 Å². The zero-order valence-electron chi connectivity index (χ0n) is 41.5. The molecule has 4 aliphatic rings. The van der Waals surface area contributed by atoms with Crippen LogP contribution in [0.5, 0.6) is 0 Å². The van der Waals surface area contributed by atoms with Crippen LogP contribution in [0.4, 0.5) is 52.1 Å². The van der Waals surface area contributed by atoms with Crippen molar-refractivity contribution >= 4 is 29.5 Å². The SMILES string of the molecule is CC(C)(C)OC(=O)N1CC2(CCN(C(=O)N(Cc3ccc(-c4nnc(C(F)F)o4)cc3F)c3ccccc3)CC2)C1.O=C(N1CCC2(CC1)CNC2)N(Cc1ccc(-c2nnc(C(F)F)o2)cc1F)c1ccccc1. The van der Waals surface area contributed by atoms with Crippen molar-refractivity contribution in [3.05, 3.63) is 132 Å². The van der Waals surface area contributed by atoms with Crippen LogP contribution < -0.4 is 15.1 Å². The number of aromatic nitrogens is 4. The number of likely N-dealkylation sites (tertiary alicyclic amines) is 3. The molecule has 0 saturated carbocycles. The summed E-state index contributed by atoms with van der Waals surface area (Å²) in [6, 6.07) is 26.0. The van der Waals surface area contributed by atoms with Gasteiger partial charge in [-0.25, -0.2) is 23.2 Å². The molecule has 10 rings (SSSR count). The summed E-state index contributed by atoms with van der Waals surface area (Å²) < 4.78 is 96.6. The second-order valence-electron chi connectivity index (χ2n) is 20.4. The molecule has 1 N–H and O–H groups in total. The molecular formula is C53H56F6N10O6. The third-order valence-corrected chi connectivity index (χ3v) is 14.0. The van der Waals surface area contributed by atoms with E-state index >= 15 is 8.78 Å². The van der Waals surface area contributed by atoms with E-state index in [9.17, 15) is 31.9 Å². The Kier molecular flexibility index (Phi) is 15.2. The topological polar surface area (TPSA) is 167 Å². The summed E-state index contributed by atoms with van der Waals surface area (Å²) in [5.41, 5.74) is 1.85. The molecule has 2 aromatic heterocycles. The Balaban J connectivity index is 0.000000187. The number of urea groups is 2. The van der Waals surface area contributed by atoms with E-state index in [1.165, 1.54) is 29.2 Å². The second kappa shape index (κ2) is 21.8. The monoisotopic (exact) mass is 1040 g/mol. The van der Waals surface area contributed by atoms with E-state index in [1.54, 1.807) is 39.0 Å². The number of halogens is 6. The fraction of sp³-hybridized carbons (Fsp3) is 0.415. The lowest BCUT2D eigenvalue weighted by Gasteiger charge is -2.53. The number of amides is 5. The fourth-order valence-corrected chi connectivity index (χ4v) is 9.64. The summed E-state index contributed by atoms with van der Waals surface area (Å²) in [7, 11) is 0. The first-order chi connectivity index (χ1) is 35.9. The number of rotatable bonds is 10. The number of anilines is 2. The highest BCUT2D eigenvalue weighted by atomic mass is 19.3. The Bertz CT molecular complexity index is 2940. The second-order valence-corrected chi connectivity index (χ2v) is 20.4. The van der Waals surface area contributed by atoms with Gasteiger partial charge in [-0.15, -0.1) is 20.4 Å². The minimum absolute atomic E-state index is 0.0181. The molecule has 5 amide bonds. The third-order valence-electron chi connectivity index (χ3n) is 14.0. The lowest BCUT2D eigenvalue weighted by Crippen LogP contribution is -2.63. The molecule has 6 aromatic rings. The molecule has 2 spiro atoms. The first kappa shape index (κ1) is 52.4. The average molecular weight is 1040 g/mol. The first-order valence-electron chi connectivity index (χ1n) is 24.6. The molecule has 0 radical (unpaired) electrons. The zero-order chi connectivity index (χ0) is 53.1. The van der Waals surface area contributed by atoms with Crippen molar-refractivity contribution in [1.82, 2.24) is 40.4 Å². The van der Waals surface area contributed by atoms with Crippen molar-refractivity contribution in [2.45, 2.75) is 78.0 Å². The molecule has 4 aliphatic heterocycles. The van der Waals surface area contributed by atoms with Gasteiger partial charge in [-0.1, -0.05) is 48.5 Å². The molecule has 0 bridgehead atoms. The van der Waals surface area contributed by atoms with E-state index in [0.29, 0.717) is 56.1 Å². The van der Waals surface area contributed by atoms with Crippen LogP contribution >= 0.6 is 0 Å². The van der Waals surface area contributed by atoms with Gasteiger partial charge >= 0.3 is 31.0 Å². The van der Waals surface area contributed by atoms with Gasteiger partial charge in [0, 0.05) is 91.4 Å². The standard InChI is InChI=1S/C29H32F3N5O4.C24H24F3N5O2/c1-28(2,3)41-27(39)36-17-29(18-36)11-13-35(14-12-29)26(38)37(21-7-5-4-6-8-21)16-20-10-9-19(15-22(20)30)24-33-34-25(40-24)23(31)32;25-19-12-16(21-29-30-22(34-21)20(26)27)6-7-17(19)13-32(18-4-2-1-3-5-18)23(33)31-10-8-24(9-11-31)14-28-15-24/h4-10,15,23H,11-14,16-18H2,1-3H3;1-7,12,20,28H,8-11,13-15H2. The number of para-hydroxylation sites is 2. The number of piperidine rings is 2. The molecule has 396 valence electrons. The highest BCUT2D eigenvalue weighted by molar-refractivity contribution is 5.93. The predicted octanol–water partition coefficient (Wildman–Crippen LogP) is 10.9. The Labute approximate surface area is 428 Å². The molecule has 16 nitrogen and oxygen atoms in total. The molecule has 6 heterocycles. The van der Waals surface area contributed by atoms with E-state index in [1.807, 2.05) is 62.1 Å². The number of nitrogens with one attached hydrogen (secondary N) is 1. The summed E-state index contributed by atoms with van der Waals surface area (Å²) in [6.45, 7) is 11.0. The summed E-state index contributed by atoms with van der Waals surface area (Å²) >= 11 is 0. The minimum atomic E-state index is -2.93. The highest BCUT2D eigenvalue weighted by Gasteiger charge is 2.49. The molecule has 75 heavy (non-hydrogen) atoms. The van der Waals surface area contributed by atoms with E-state index < -0.39 is 41.9 Å². The van der Waals surface area contributed by atoms with E-state index in [4.69, 9.17) is 13.6 Å². The molecule has 4 fully saturated rings. The number of hydrogen-bond acceptors (Lipinski definition) is 11. The van der Waals surface area contributed by atoms with Gasteiger partial charge in [0.1, 0.15) is 17.2 Å². The van der Waals surface area contributed by atoms with Crippen LogP contribution in [-0.2, 0) is 17.8 Å². The van der Waals surface area contributed by atoms with Crippen LogP contribution in [0.25, 0.3) is 22.9 Å². The third kappa shape index (κ3) is 12.1. The molecule has 0 aliphatic carbocycles. The van der Waals surface area contributed by atoms with Gasteiger partial charge < -0.3 is 33.6 Å². The number of ether oxygens (including phenoxy) is 1. The lowest BCUT2D eigenvalue weighted by molar-refractivity contribution is -0.0548. The molecule has 0 unspecified atom stereocenters. The lowest BCUT2D eigenvalue weighted by atomic mass is 9.72. The highest BCUT2D eigenvalue weighted by Crippen LogP contribution is 2.42. The van der Waals surface area contributed by atoms with Gasteiger partial charge in [0.15, 0.2) is 0 Å². The maximum atomic E-state index is 15.2. The van der Waals surface area contributed by atoms with Crippen molar-refractivity contribution in [3.63, 3.8) is 0 Å². The van der Waals surface area contributed by atoms with Crippen molar-refractivity contribution in [3.8, 4) is 22.9 Å². The average Bonchev–Trinajstić information content (AvgIpc) is 4.09. The summed E-state index contributed by atoms with van der Waals surface area (Å²) in [5, 5.41) is 17.0. The summed E-state index contributed by atoms with van der Waals surface area (Å²) in [5.74, 6) is -3.30. The van der Waals surface area contributed by atoms with Crippen LogP contribution in [0, 0.1) is 22.5 Å². The Morgan fingerprint density at radius 3 is 1.37 bits per heavy atom. The Hall–Kier alpha value is -7.49. The summed E-state index contributed by atoms with van der Waals surface area (Å²) in [4.78, 5) is 48.0. The zero-order valence-corrected chi connectivity index (χ0v) is 41.5. The van der Waals surface area contributed by atoms with Crippen molar-refractivity contribution in [2.24, 2.45) is 10.8 Å². The van der Waals surface area contributed by atoms with Gasteiger partial charge in [-0.2, -0.15) is 17.6 Å². The van der Waals surface area contributed by atoms with Crippen LogP contribution in [0.3, 0.4) is 0 Å². The van der Waals surface area contributed by atoms with Crippen LogP contribution in [0.2, 0.25) is 0 Å². The smallest absolute Gasteiger partial charge is 0.410 e. The number of benzene rings is 4. The molecule has 22 heteroatoms. The van der Waals surface area contributed by atoms with Crippen molar-refractivity contribution < 1.29 is 54.3 Å². The first-order valence-corrected chi connectivity index (χ1v) is 24.6. The molecular weight excluding hydrogens is 987 g/mol. The fourth-order valence-electron chi connectivity index (χ4n) is 9.64. The van der Waals surface area contributed by atoms with Gasteiger partial charge in [0.05, 0.1) is 13.1 Å². The van der Waals surface area contributed by atoms with Gasteiger partial charge in [0.2, 0.25) is 11.8 Å². The molecule has 4 saturated heterocycles. The number of carbonyl (C=O) groups excluding carboxylic acids is 3. The molecule has 4 aromatic carbocycles. The van der Waals surface area contributed by atoms with E-state index in [-0.39, 0.29) is 70.7 Å². The number of hydrogen-bond donors (Lipinski definition) is 1. The van der Waals surface area contributed by atoms with Crippen LogP contribution in [0.15, 0.2) is 106 Å². The largest absolute Gasteiger partial charge is 0.444 e. The normalized spacial score (nSPS) is 16.8. The number of nitrogens with zero attached hydrogens (tertiary/aromatic N) is 9. The quantitative estimate of drug-likeness (QED) is 0.130. The van der Waals surface area contributed by atoms with E-state index in [2.05, 4.69) is 25.7 Å². The number of carbonyl (C=O) groups is 3. The molecule has 0 atom stereocenters. The van der Waals surface area contributed by atoms with Gasteiger partial charge in [-0.3, -0.25) is 9.80 Å². The van der Waals surface area contributed by atoms with Crippen molar-refractivity contribution in [1.29, 1.82) is 0 Å². The van der Waals surface area contributed by atoms with Gasteiger partial charge in [-0.05, 0) is 100 Å².